The summed E-state index contributed by atoms with van der Waals surface area (Å²) >= 11 is 0. The van der Waals surface area contributed by atoms with E-state index in [2.05, 4.69) is 70.0 Å². The average Bonchev–Trinajstić information content (AvgIpc) is 3.30. The van der Waals surface area contributed by atoms with Crippen molar-refractivity contribution < 1.29 is 0 Å². The fraction of sp³-hybridized carbons (Fsp3) is 0.120. The van der Waals surface area contributed by atoms with Gasteiger partial charge in [0.15, 0.2) is 0 Å². The number of aromatic nitrogens is 3. The number of rotatable bonds is 3. The average molecular weight is 376 g/mol. The molecule has 0 aliphatic heterocycles. The molecule has 3 aromatic carbocycles. The van der Waals surface area contributed by atoms with Crippen LogP contribution in [0.2, 0.25) is 0 Å². The molecule has 5 rings (SSSR count). The minimum absolute atomic E-state index is 0.525. The van der Waals surface area contributed by atoms with Crippen LogP contribution in [-0.2, 0) is 6.54 Å². The number of imidazole rings is 1. The van der Waals surface area contributed by atoms with Gasteiger partial charge >= 0.3 is 0 Å². The first kappa shape index (κ1) is 17.3. The lowest BCUT2D eigenvalue weighted by atomic mass is 10.1. The van der Waals surface area contributed by atoms with Gasteiger partial charge in [0, 0.05) is 28.4 Å². The maximum Gasteiger partial charge on any atom is 0.149 e. The summed E-state index contributed by atoms with van der Waals surface area (Å²) in [6.45, 7) is 5.13. The van der Waals surface area contributed by atoms with Crippen LogP contribution in [0.3, 0.4) is 0 Å². The SMILES string of the molecule is CCn1c2ccccc2c2cc(C=C(C#N)c3nc4ccc(C)cc4[nH]3)ccc21. The van der Waals surface area contributed by atoms with E-state index < -0.39 is 0 Å². The molecule has 4 heteroatoms. The smallest absolute Gasteiger partial charge is 0.149 e. The van der Waals surface area contributed by atoms with Gasteiger partial charge in [0.05, 0.1) is 16.6 Å². The summed E-state index contributed by atoms with van der Waals surface area (Å²) in [4.78, 5) is 7.88. The number of para-hydroxylation sites is 1. The summed E-state index contributed by atoms with van der Waals surface area (Å²) < 4.78 is 2.32. The van der Waals surface area contributed by atoms with Crippen molar-refractivity contribution in [2.75, 3.05) is 0 Å². The number of nitrogens with zero attached hydrogens (tertiary/aromatic N) is 3. The number of hydrogen-bond donors (Lipinski definition) is 1. The van der Waals surface area contributed by atoms with Crippen molar-refractivity contribution >= 4 is 44.5 Å². The van der Waals surface area contributed by atoms with Crippen molar-refractivity contribution in [1.29, 1.82) is 5.26 Å². The van der Waals surface area contributed by atoms with E-state index in [9.17, 15) is 5.26 Å². The number of aryl methyl sites for hydroxylation is 2. The van der Waals surface area contributed by atoms with Gasteiger partial charge in [-0.2, -0.15) is 5.26 Å². The van der Waals surface area contributed by atoms with Gasteiger partial charge in [-0.15, -0.1) is 0 Å². The Morgan fingerprint density at radius 1 is 1.07 bits per heavy atom. The van der Waals surface area contributed by atoms with Gasteiger partial charge in [0.1, 0.15) is 11.9 Å². The number of H-pyrrole nitrogens is 1. The first-order valence-electron chi connectivity index (χ1n) is 9.77. The van der Waals surface area contributed by atoms with Crippen LogP contribution in [0.4, 0.5) is 0 Å². The van der Waals surface area contributed by atoms with Crippen LogP contribution >= 0.6 is 0 Å². The van der Waals surface area contributed by atoms with Crippen LogP contribution in [0, 0.1) is 18.3 Å². The van der Waals surface area contributed by atoms with Crippen LogP contribution in [0.5, 0.6) is 0 Å². The molecule has 0 unspecified atom stereocenters. The molecule has 4 nitrogen and oxygen atoms in total. The Morgan fingerprint density at radius 3 is 2.72 bits per heavy atom. The number of fused-ring (bicyclic) bond motifs is 4. The Hall–Kier alpha value is -3.84. The van der Waals surface area contributed by atoms with Gasteiger partial charge in [0.25, 0.3) is 0 Å². The molecule has 0 aliphatic rings. The predicted octanol–water partition coefficient (Wildman–Crippen LogP) is 6.06. The van der Waals surface area contributed by atoms with E-state index in [1.165, 1.54) is 21.8 Å². The Kier molecular flexibility index (Phi) is 3.96. The molecule has 1 N–H and O–H groups in total. The number of aromatic amines is 1. The summed E-state index contributed by atoms with van der Waals surface area (Å²) in [5.74, 6) is 0.601. The third-order valence-corrected chi connectivity index (χ3v) is 5.44. The molecule has 0 fully saturated rings. The monoisotopic (exact) mass is 376 g/mol. The van der Waals surface area contributed by atoms with Gasteiger partial charge in [-0.05, 0) is 61.4 Å². The van der Waals surface area contributed by atoms with Crippen molar-refractivity contribution in [3.63, 3.8) is 0 Å². The van der Waals surface area contributed by atoms with Gasteiger partial charge in [0.2, 0.25) is 0 Å². The lowest BCUT2D eigenvalue weighted by Gasteiger charge is -2.03. The Labute approximate surface area is 168 Å². The summed E-state index contributed by atoms with van der Waals surface area (Å²) in [5, 5.41) is 12.2. The number of nitrogens with one attached hydrogen (secondary N) is 1. The van der Waals surface area contributed by atoms with Crippen molar-refractivity contribution in [3.8, 4) is 6.07 Å². The highest BCUT2D eigenvalue weighted by Gasteiger charge is 2.11. The third-order valence-electron chi connectivity index (χ3n) is 5.44. The fourth-order valence-electron chi connectivity index (χ4n) is 4.07. The van der Waals surface area contributed by atoms with Crippen LogP contribution in [0.15, 0.2) is 60.7 Å². The summed E-state index contributed by atoms with van der Waals surface area (Å²) in [6.07, 6.45) is 1.90. The predicted molar refractivity (Wildman–Crippen MR) is 119 cm³/mol. The lowest BCUT2D eigenvalue weighted by Crippen LogP contribution is -1.92. The van der Waals surface area contributed by atoms with Gasteiger partial charge in [-0.1, -0.05) is 30.3 Å². The molecular formula is C25H20N4. The molecule has 0 bridgehead atoms. The van der Waals surface area contributed by atoms with Crippen LogP contribution in [-0.4, -0.2) is 14.5 Å². The maximum absolute atomic E-state index is 9.77. The highest BCUT2D eigenvalue weighted by Crippen LogP contribution is 2.30. The minimum atomic E-state index is 0.525. The zero-order valence-electron chi connectivity index (χ0n) is 16.4. The maximum atomic E-state index is 9.77. The van der Waals surface area contributed by atoms with E-state index in [0.29, 0.717) is 11.4 Å². The number of allylic oxidation sites excluding steroid dienone is 1. The molecule has 0 saturated heterocycles. The van der Waals surface area contributed by atoms with E-state index in [0.717, 1.165) is 28.7 Å². The Bertz CT molecular complexity index is 1460. The number of nitriles is 1. The van der Waals surface area contributed by atoms with E-state index in [1.807, 2.05) is 31.2 Å². The van der Waals surface area contributed by atoms with Gasteiger partial charge in [-0.3, -0.25) is 0 Å². The molecule has 0 amide bonds. The standard InChI is InChI=1S/C25H20N4/c1-3-29-23-7-5-4-6-19(23)20-14-17(9-11-24(20)29)13-18(15-26)25-27-21-10-8-16(2)12-22(21)28-25/h4-14H,3H2,1-2H3,(H,27,28). The number of benzene rings is 3. The quantitative estimate of drug-likeness (QED) is 0.389. The molecule has 5 aromatic rings. The van der Waals surface area contributed by atoms with Crippen molar-refractivity contribution in [1.82, 2.24) is 14.5 Å². The zero-order chi connectivity index (χ0) is 20.0. The highest BCUT2D eigenvalue weighted by molar-refractivity contribution is 6.09. The lowest BCUT2D eigenvalue weighted by molar-refractivity contribution is 0.827. The second kappa shape index (κ2) is 6.65. The fourth-order valence-corrected chi connectivity index (χ4v) is 4.07. The van der Waals surface area contributed by atoms with Gasteiger partial charge < -0.3 is 9.55 Å². The van der Waals surface area contributed by atoms with E-state index in [4.69, 9.17) is 0 Å². The molecular weight excluding hydrogens is 356 g/mol. The van der Waals surface area contributed by atoms with Crippen LogP contribution < -0.4 is 0 Å². The zero-order valence-corrected chi connectivity index (χ0v) is 16.4. The van der Waals surface area contributed by atoms with Crippen LogP contribution in [0.1, 0.15) is 23.9 Å². The van der Waals surface area contributed by atoms with Crippen molar-refractivity contribution in [2.24, 2.45) is 0 Å². The first-order valence-corrected chi connectivity index (χ1v) is 9.77. The second-order valence-electron chi connectivity index (χ2n) is 7.31. The Morgan fingerprint density at radius 2 is 1.90 bits per heavy atom. The van der Waals surface area contributed by atoms with E-state index >= 15 is 0 Å². The largest absolute Gasteiger partial charge is 0.341 e. The molecule has 140 valence electrons. The van der Waals surface area contributed by atoms with Crippen LogP contribution in [0.25, 0.3) is 44.5 Å². The highest BCUT2D eigenvalue weighted by atomic mass is 15.0. The first-order chi connectivity index (χ1) is 14.2. The molecule has 2 aromatic heterocycles. The van der Waals surface area contributed by atoms with Crippen molar-refractivity contribution in [3.05, 3.63) is 77.6 Å². The topological polar surface area (TPSA) is 57.4 Å². The molecule has 29 heavy (non-hydrogen) atoms. The summed E-state index contributed by atoms with van der Waals surface area (Å²) in [5.41, 5.74) is 6.94. The molecule has 0 aliphatic carbocycles. The van der Waals surface area contributed by atoms with E-state index in [1.54, 1.807) is 0 Å². The minimum Gasteiger partial charge on any atom is -0.341 e. The summed E-state index contributed by atoms with van der Waals surface area (Å²) in [7, 11) is 0. The molecule has 0 spiro atoms. The molecule has 2 heterocycles. The number of hydrogen-bond acceptors (Lipinski definition) is 2. The Balaban J connectivity index is 1.66. The normalized spacial score (nSPS) is 12.1. The molecule has 0 saturated carbocycles. The van der Waals surface area contributed by atoms with Gasteiger partial charge in [-0.25, -0.2) is 4.98 Å². The molecule has 0 radical (unpaired) electrons. The second-order valence-corrected chi connectivity index (χ2v) is 7.31. The van der Waals surface area contributed by atoms with E-state index in [-0.39, 0.29) is 0 Å². The summed E-state index contributed by atoms with van der Waals surface area (Å²) in [6, 6.07) is 23.2. The molecule has 0 atom stereocenters. The van der Waals surface area contributed by atoms with Crippen molar-refractivity contribution in [2.45, 2.75) is 20.4 Å². The third kappa shape index (κ3) is 2.79.